The molecular formula is C13H15N3OS. The molecule has 2 aromatic heterocycles. The van der Waals surface area contributed by atoms with Crippen LogP contribution in [-0.2, 0) is 4.79 Å². The molecule has 1 aliphatic carbocycles. The zero-order chi connectivity index (χ0) is 12.5. The zero-order valence-corrected chi connectivity index (χ0v) is 11.1. The minimum Gasteiger partial charge on any atom is -0.355 e. The van der Waals surface area contributed by atoms with E-state index >= 15 is 0 Å². The fourth-order valence-electron chi connectivity index (χ4n) is 2.51. The molecular weight excluding hydrogens is 246 g/mol. The largest absolute Gasteiger partial charge is 0.355 e. The second-order valence-corrected chi connectivity index (χ2v) is 5.63. The molecule has 0 saturated heterocycles. The first-order valence-electron chi connectivity index (χ1n) is 6.18. The van der Waals surface area contributed by atoms with Crippen molar-refractivity contribution in [2.75, 3.05) is 11.9 Å². The van der Waals surface area contributed by atoms with Crippen molar-refractivity contribution in [3.8, 4) is 0 Å². The van der Waals surface area contributed by atoms with Gasteiger partial charge in [0.25, 0.3) is 0 Å². The Morgan fingerprint density at radius 2 is 2.11 bits per heavy atom. The molecule has 0 radical (unpaired) electrons. The molecule has 0 spiro atoms. The molecule has 0 N–H and O–H groups in total. The topological polar surface area (TPSA) is 46.1 Å². The maximum atomic E-state index is 11.3. The van der Waals surface area contributed by atoms with Crippen molar-refractivity contribution in [2.24, 2.45) is 0 Å². The van der Waals surface area contributed by atoms with Crippen molar-refractivity contribution in [3.05, 3.63) is 17.8 Å². The van der Waals surface area contributed by atoms with Crippen molar-refractivity contribution in [1.82, 2.24) is 9.97 Å². The number of hydrogen-bond acceptors (Lipinski definition) is 5. The Kier molecular flexibility index (Phi) is 2.99. The van der Waals surface area contributed by atoms with Crippen LogP contribution in [0.25, 0.3) is 10.2 Å². The fraction of sp³-hybridized carbons (Fsp3) is 0.462. The lowest BCUT2D eigenvalue weighted by Gasteiger charge is -2.31. The van der Waals surface area contributed by atoms with Crippen LogP contribution in [0, 0.1) is 0 Å². The molecule has 5 heteroatoms. The third kappa shape index (κ3) is 1.99. The summed E-state index contributed by atoms with van der Waals surface area (Å²) in [5.41, 5.74) is 1.00. The molecule has 2 aromatic rings. The Morgan fingerprint density at radius 3 is 2.89 bits per heavy atom. The summed E-state index contributed by atoms with van der Waals surface area (Å²) in [6.07, 6.45) is 4.90. The number of ketones is 1. The second-order valence-electron chi connectivity index (χ2n) is 4.71. The minimum atomic E-state index is 0.392. The van der Waals surface area contributed by atoms with E-state index in [9.17, 15) is 4.79 Å². The zero-order valence-electron chi connectivity index (χ0n) is 10.3. The lowest BCUT2D eigenvalue weighted by Crippen LogP contribution is -2.35. The summed E-state index contributed by atoms with van der Waals surface area (Å²) in [7, 11) is 2.07. The van der Waals surface area contributed by atoms with Gasteiger partial charge in [-0.2, -0.15) is 0 Å². The van der Waals surface area contributed by atoms with Crippen LogP contribution in [0.3, 0.4) is 0 Å². The van der Waals surface area contributed by atoms with Crippen molar-refractivity contribution < 1.29 is 4.79 Å². The average Bonchev–Trinajstić information content (AvgIpc) is 2.87. The first-order chi connectivity index (χ1) is 8.75. The first kappa shape index (κ1) is 11.6. The molecule has 3 rings (SSSR count). The summed E-state index contributed by atoms with van der Waals surface area (Å²) >= 11 is 1.67. The van der Waals surface area contributed by atoms with E-state index in [2.05, 4.69) is 21.9 Å². The highest BCUT2D eigenvalue weighted by molar-refractivity contribution is 7.17. The van der Waals surface area contributed by atoms with E-state index in [4.69, 9.17) is 0 Å². The van der Waals surface area contributed by atoms with Gasteiger partial charge in [0.15, 0.2) is 0 Å². The van der Waals surface area contributed by atoms with Gasteiger partial charge in [0, 0.05) is 25.9 Å². The van der Waals surface area contributed by atoms with Gasteiger partial charge in [-0.25, -0.2) is 9.97 Å². The van der Waals surface area contributed by atoms with Crippen LogP contribution in [-0.4, -0.2) is 28.8 Å². The van der Waals surface area contributed by atoms with Crippen LogP contribution in [0.5, 0.6) is 0 Å². The monoisotopic (exact) mass is 261 g/mol. The first-order valence-corrected chi connectivity index (χ1v) is 7.06. The highest BCUT2D eigenvalue weighted by Crippen LogP contribution is 2.31. The number of anilines is 1. The number of carbonyl (C=O) groups excluding carboxylic acids is 1. The Bertz CT molecular complexity index is 570. The highest BCUT2D eigenvalue weighted by Gasteiger charge is 2.24. The number of carbonyl (C=O) groups is 1. The fourth-order valence-corrected chi connectivity index (χ4v) is 3.39. The minimum absolute atomic E-state index is 0.392. The molecule has 0 bridgehead atoms. The molecule has 4 nitrogen and oxygen atoms in total. The van der Waals surface area contributed by atoms with Crippen LogP contribution in [0.1, 0.15) is 25.7 Å². The van der Waals surface area contributed by atoms with Gasteiger partial charge in [0.05, 0.1) is 10.2 Å². The smallest absolute Gasteiger partial charge is 0.150 e. The number of fused-ring (bicyclic) bond motifs is 1. The van der Waals surface area contributed by atoms with Crippen LogP contribution in [0.4, 0.5) is 5.82 Å². The Morgan fingerprint density at radius 1 is 1.33 bits per heavy atom. The van der Waals surface area contributed by atoms with Gasteiger partial charge < -0.3 is 4.90 Å². The van der Waals surface area contributed by atoms with Gasteiger partial charge >= 0.3 is 0 Å². The molecule has 0 amide bonds. The Balaban J connectivity index is 1.89. The third-order valence-electron chi connectivity index (χ3n) is 3.62. The molecule has 1 saturated carbocycles. The third-order valence-corrected chi connectivity index (χ3v) is 4.52. The quantitative estimate of drug-likeness (QED) is 0.833. The summed E-state index contributed by atoms with van der Waals surface area (Å²) in [5, 5.41) is 2.04. The summed E-state index contributed by atoms with van der Waals surface area (Å²) < 4.78 is 1.14. The number of aromatic nitrogens is 2. The number of hydrogen-bond donors (Lipinski definition) is 0. The van der Waals surface area contributed by atoms with Gasteiger partial charge in [-0.05, 0) is 24.3 Å². The predicted octanol–water partition coefficient (Wildman–Crippen LogP) is 2.64. The van der Waals surface area contributed by atoms with Crippen molar-refractivity contribution in [3.63, 3.8) is 0 Å². The van der Waals surface area contributed by atoms with Crippen LogP contribution in [0.15, 0.2) is 17.8 Å². The van der Waals surface area contributed by atoms with Crippen molar-refractivity contribution in [2.45, 2.75) is 31.7 Å². The normalized spacial score (nSPS) is 17.3. The van der Waals surface area contributed by atoms with E-state index in [1.807, 2.05) is 11.4 Å². The lowest BCUT2D eigenvalue weighted by atomic mass is 9.93. The summed E-state index contributed by atoms with van der Waals surface area (Å²) in [5.74, 6) is 1.39. The van der Waals surface area contributed by atoms with Crippen LogP contribution >= 0.6 is 11.3 Å². The maximum Gasteiger partial charge on any atom is 0.150 e. The van der Waals surface area contributed by atoms with Crippen LogP contribution in [0.2, 0.25) is 0 Å². The molecule has 1 fully saturated rings. The van der Waals surface area contributed by atoms with E-state index in [1.54, 1.807) is 17.7 Å². The van der Waals surface area contributed by atoms with E-state index in [-0.39, 0.29) is 0 Å². The second kappa shape index (κ2) is 4.65. The summed E-state index contributed by atoms with van der Waals surface area (Å²) in [6, 6.07) is 2.44. The van der Waals surface area contributed by atoms with Crippen molar-refractivity contribution in [1.29, 1.82) is 0 Å². The van der Waals surface area contributed by atoms with E-state index < -0.39 is 0 Å². The SMILES string of the molecule is CN(c1ncnc2ccsc12)C1CCC(=O)CC1. The summed E-state index contributed by atoms with van der Waals surface area (Å²) in [6.45, 7) is 0. The van der Waals surface area contributed by atoms with E-state index in [0.717, 1.165) is 28.9 Å². The van der Waals surface area contributed by atoms with Gasteiger partial charge in [-0.15, -0.1) is 11.3 Å². The number of thiophene rings is 1. The number of nitrogens with zero attached hydrogens (tertiary/aromatic N) is 3. The highest BCUT2D eigenvalue weighted by atomic mass is 32.1. The maximum absolute atomic E-state index is 11.3. The lowest BCUT2D eigenvalue weighted by molar-refractivity contribution is -0.120. The molecule has 94 valence electrons. The average molecular weight is 261 g/mol. The molecule has 0 aliphatic heterocycles. The van der Waals surface area contributed by atoms with Gasteiger partial charge in [-0.1, -0.05) is 0 Å². The Labute approximate surface area is 110 Å². The summed E-state index contributed by atoms with van der Waals surface area (Å²) in [4.78, 5) is 22.2. The van der Waals surface area contributed by atoms with Gasteiger partial charge in [0.2, 0.25) is 0 Å². The number of Topliss-reactive ketones (excluding diaryl/α,β-unsaturated/α-hetero) is 1. The molecule has 0 aromatic carbocycles. The number of rotatable bonds is 2. The van der Waals surface area contributed by atoms with E-state index in [1.165, 1.54) is 0 Å². The standard InChI is InChI=1S/C13H15N3OS/c1-16(9-2-4-10(17)5-3-9)13-12-11(6-7-18-12)14-8-15-13/h6-9H,2-5H2,1H3. The van der Waals surface area contributed by atoms with Gasteiger partial charge in [0.1, 0.15) is 17.9 Å². The predicted molar refractivity (Wildman–Crippen MR) is 73.1 cm³/mol. The molecule has 18 heavy (non-hydrogen) atoms. The molecule has 1 aliphatic rings. The molecule has 2 heterocycles. The van der Waals surface area contributed by atoms with Gasteiger partial charge in [-0.3, -0.25) is 4.79 Å². The Hall–Kier alpha value is -1.49. The molecule has 0 atom stereocenters. The van der Waals surface area contributed by atoms with Crippen molar-refractivity contribution >= 4 is 33.2 Å². The van der Waals surface area contributed by atoms with Crippen LogP contribution < -0.4 is 4.90 Å². The molecule has 0 unspecified atom stereocenters. The van der Waals surface area contributed by atoms with E-state index in [0.29, 0.717) is 24.7 Å².